The molecule has 2 aromatic rings. The van der Waals surface area contributed by atoms with Gasteiger partial charge in [-0.2, -0.15) is 0 Å². The number of rotatable bonds is 2. The third-order valence-corrected chi connectivity index (χ3v) is 2.73. The Kier molecular flexibility index (Phi) is 3.42. The van der Waals surface area contributed by atoms with E-state index in [2.05, 4.69) is 4.98 Å². The first-order chi connectivity index (χ1) is 7.66. The highest BCUT2D eigenvalue weighted by Crippen LogP contribution is 2.21. The van der Waals surface area contributed by atoms with Crippen LogP contribution in [0.3, 0.4) is 0 Å². The summed E-state index contributed by atoms with van der Waals surface area (Å²) in [5.74, 6) is -0.254. The molecule has 0 aliphatic heterocycles. The molecule has 0 fully saturated rings. The molecule has 82 valence electrons. The maximum absolute atomic E-state index is 13.4. The van der Waals surface area contributed by atoms with Crippen molar-refractivity contribution >= 4 is 23.2 Å². The van der Waals surface area contributed by atoms with E-state index in [1.807, 2.05) is 0 Å². The fraction of sp³-hybridized carbons (Fsp3) is 0.0833. The van der Waals surface area contributed by atoms with Gasteiger partial charge in [-0.05, 0) is 17.7 Å². The Morgan fingerprint density at radius 1 is 1.19 bits per heavy atom. The summed E-state index contributed by atoms with van der Waals surface area (Å²) in [6.45, 7) is 0. The Morgan fingerprint density at radius 2 is 1.94 bits per heavy atom. The number of benzene rings is 1. The van der Waals surface area contributed by atoms with Gasteiger partial charge in [-0.1, -0.05) is 41.4 Å². The third-order valence-electron chi connectivity index (χ3n) is 2.20. The molecule has 1 aromatic heterocycles. The van der Waals surface area contributed by atoms with Crippen LogP contribution in [0.2, 0.25) is 10.0 Å². The van der Waals surface area contributed by atoms with Gasteiger partial charge in [0.2, 0.25) is 0 Å². The molecular formula is C12H8Cl2FN. The van der Waals surface area contributed by atoms with Crippen LogP contribution >= 0.6 is 23.2 Å². The zero-order valence-electron chi connectivity index (χ0n) is 8.25. The fourth-order valence-electron chi connectivity index (χ4n) is 1.40. The van der Waals surface area contributed by atoms with Crippen molar-refractivity contribution in [1.82, 2.24) is 4.98 Å². The van der Waals surface area contributed by atoms with E-state index in [0.29, 0.717) is 27.7 Å². The van der Waals surface area contributed by atoms with Crippen molar-refractivity contribution in [3.05, 3.63) is 63.6 Å². The van der Waals surface area contributed by atoms with Crippen LogP contribution in [0.5, 0.6) is 0 Å². The molecule has 0 saturated carbocycles. The van der Waals surface area contributed by atoms with Crippen molar-refractivity contribution in [3.63, 3.8) is 0 Å². The molecule has 0 bridgehead atoms. The molecule has 0 saturated heterocycles. The largest absolute Gasteiger partial charge is 0.258 e. The van der Waals surface area contributed by atoms with E-state index in [-0.39, 0.29) is 5.82 Å². The van der Waals surface area contributed by atoms with Crippen molar-refractivity contribution in [2.24, 2.45) is 0 Å². The van der Waals surface area contributed by atoms with Crippen molar-refractivity contribution < 1.29 is 4.39 Å². The topological polar surface area (TPSA) is 12.9 Å². The lowest BCUT2D eigenvalue weighted by molar-refractivity contribution is 0.613. The third kappa shape index (κ3) is 2.52. The van der Waals surface area contributed by atoms with Crippen LogP contribution in [0.15, 0.2) is 36.5 Å². The number of hydrogen-bond acceptors (Lipinski definition) is 1. The Bertz CT molecular complexity index is 514. The van der Waals surface area contributed by atoms with Gasteiger partial charge in [0.25, 0.3) is 0 Å². The highest BCUT2D eigenvalue weighted by molar-refractivity contribution is 6.34. The predicted octanol–water partition coefficient (Wildman–Crippen LogP) is 4.12. The number of aromatic nitrogens is 1. The minimum Gasteiger partial charge on any atom is -0.258 e. The van der Waals surface area contributed by atoms with Crippen LogP contribution < -0.4 is 0 Å². The molecule has 0 amide bonds. The quantitative estimate of drug-likeness (QED) is 0.787. The first-order valence-electron chi connectivity index (χ1n) is 4.70. The van der Waals surface area contributed by atoms with Crippen molar-refractivity contribution in [1.29, 1.82) is 0 Å². The second kappa shape index (κ2) is 4.81. The second-order valence-corrected chi connectivity index (χ2v) is 4.19. The number of nitrogens with zero attached hydrogens (tertiary/aromatic N) is 1. The van der Waals surface area contributed by atoms with Gasteiger partial charge in [-0.15, -0.1) is 0 Å². The molecule has 0 unspecified atom stereocenters. The fourth-order valence-corrected chi connectivity index (χ4v) is 1.84. The smallest absolute Gasteiger partial charge is 0.126 e. The van der Waals surface area contributed by atoms with Crippen LogP contribution in [0.4, 0.5) is 4.39 Å². The SMILES string of the molecule is Fc1ccccc1Cc1ncc(Cl)cc1Cl. The zero-order chi connectivity index (χ0) is 11.5. The lowest BCUT2D eigenvalue weighted by Gasteiger charge is -2.04. The molecule has 0 N–H and O–H groups in total. The van der Waals surface area contributed by atoms with Crippen LogP contribution in [0.1, 0.15) is 11.3 Å². The predicted molar refractivity (Wildman–Crippen MR) is 63.5 cm³/mol. The molecule has 0 aliphatic rings. The number of pyridine rings is 1. The van der Waals surface area contributed by atoms with E-state index in [1.165, 1.54) is 12.3 Å². The van der Waals surface area contributed by atoms with Crippen LogP contribution in [0.25, 0.3) is 0 Å². The Labute approximate surface area is 103 Å². The summed E-state index contributed by atoms with van der Waals surface area (Å²) in [6, 6.07) is 8.16. The highest BCUT2D eigenvalue weighted by atomic mass is 35.5. The monoisotopic (exact) mass is 255 g/mol. The van der Waals surface area contributed by atoms with Gasteiger partial charge < -0.3 is 0 Å². The van der Waals surface area contributed by atoms with E-state index in [9.17, 15) is 4.39 Å². The van der Waals surface area contributed by atoms with Gasteiger partial charge in [-0.3, -0.25) is 4.98 Å². The average Bonchev–Trinajstić information content (AvgIpc) is 2.25. The molecular weight excluding hydrogens is 248 g/mol. The highest BCUT2D eigenvalue weighted by Gasteiger charge is 2.07. The number of halogens is 3. The molecule has 1 heterocycles. The van der Waals surface area contributed by atoms with E-state index in [0.717, 1.165) is 0 Å². The maximum Gasteiger partial charge on any atom is 0.126 e. The average molecular weight is 256 g/mol. The summed E-state index contributed by atoms with van der Waals surface area (Å²) in [5, 5.41) is 0.929. The molecule has 1 aromatic carbocycles. The van der Waals surface area contributed by atoms with E-state index < -0.39 is 0 Å². The van der Waals surface area contributed by atoms with Gasteiger partial charge in [0, 0.05) is 12.6 Å². The van der Waals surface area contributed by atoms with Gasteiger partial charge in [0.15, 0.2) is 0 Å². The molecule has 4 heteroatoms. The summed E-state index contributed by atoms with van der Waals surface area (Å²) in [4.78, 5) is 4.08. The minimum absolute atomic E-state index is 0.254. The first-order valence-corrected chi connectivity index (χ1v) is 5.46. The summed E-state index contributed by atoms with van der Waals surface area (Å²) >= 11 is 11.7. The van der Waals surface area contributed by atoms with Gasteiger partial charge >= 0.3 is 0 Å². The van der Waals surface area contributed by atoms with Crippen molar-refractivity contribution in [3.8, 4) is 0 Å². The molecule has 0 atom stereocenters. The lowest BCUT2D eigenvalue weighted by atomic mass is 10.1. The normalized spacial score (nSPS) is 10.4. The van der Waals surface area contributed by atoms with Crippen LogP contribution in [0, 0.1) is 5.82 Å². The molecule has 2 rings (SSSR count). The van der Waals surface area contributed by atoms with Gasteiger partial charge in [0.05, 0.1) is 15.7 Å². The standard InChI is InChI=1S/C12H8Cl2FN/c13-9-6-10(14)12(16-7-9)5-8-3-1-2-4-11(8)15/h1-4,6-7H,5H2. The molecule has 1 nitrogen and oxygen atoms in total. The van der Waals surface area contributed by atoms with Gasteiger partial charge in [0.1, 0.15) is 5.82 Å². The second-order valence-electron chi connectivity index (χ2n) is 3.35. The van der Waals surface area contributed by atoms with Crippen molar-refractivity contribution in [2.45, 2.75) is 6.42 Å². The summed E-state index contributed by atoms with van der Waals surface area (Å²) < 4.78 is 13.4. The van der Waals surface area contributed by atoms with E-state index >= 15 is 0 Å². The summed E-state index contributed by atoms with van der Waals surface area (Å²) in [7, 11) is 0. The summed E-state index contributed by atoms with van der Waals surface area (Å²) in [5.41, 5.74) is 1.19. The maximum atomic E-state index is 13.4. The van der Waals surface area contributed by atoms with Gasteiger partial charge in [-0.25, -0.2) is 4.39 Å². The van der Waals surface area contributed by atoms with Crippen molar-refractivity contribution in [2.75, 3.05) is 0 Å². The minimum atomic E-state index is -0.254. The molecule has 0 spiro atoms. The first kappa shape index (κ1) is 11.4. The zero-order valence-corrected chi connectivity index (χ0v) is 9.76. The molecule has 0 aliphatic carbocycles. The Morgan fingerprint density at radius 3 is 2.62 bits per heavy atom. The van der Waals surface area contributed by atoms with Crippen LogP contribution in [-0.4, -0.2) is 4.98 Å². The van der Waals surface area contributed by atoms with E-state index in [1.54, 1.807) is 24.3 Å². The Hall–Kier alpha value is -1.12. The molecule has 0 radical (unpaired) electrons. The van der Waals surface area contributed by atoms with E-state index in [4.69, 9.17) is 23.2 Å². The van der Waals surface area contributed by atoms with Crippen LogP contribution in [-0.2, 0) is 6.42 Å². The Balaban J connectivity index is 2.31. The number of hydrogen-bond donors (Lipinski definition) is 0. The summed E-state index contributed by atoms with van der Waals surface area (Å²) in [6.07, 6.45) is 1.87. The molecule has 16 heavy (non-hydrogen) atoms. The lowest BCUT2D eigenvalue weighted by Crippen LogP contribution is -1.96.